The average Bonchev–Trinajstić information content (AvgIpc) is 2.73. The lowest BCUT2D eigenvalue weighted by molar-refractivity contribution is 0.546. The first kappa shape index (κ1) is 11.9. The molecular formula is C11H4ClF3N4. The lowest BCUT2D eigenvalue weighted by atomic mass is 10.2. The van der Waals surface area contributed by atoms with E-state index >= 15 is 0 Å². The van der Waals surface area contributed by atoms with E-state index in [9.17, 15) is 13.2 Å². The van der Waals surface area contributed by atoms with Gasteiger partial charge in [0, 0.05) is 24.5 Å². The van der Waals surface area contributed by atoms with Crippen molar-refractivity contribution in [1.29, 1.82) is 0 Å². The van der Waals surface area contributed by atoms with Gasteiger partial charge in [-0.15, -0.1) is 10.2 Å². The Kier molecular flexibility index (Phi) is 2.63. The summed E-state index contributed by atoms with van der Waals surface area (Å²) < 4.78 is 41.5. The summed E-state index contributed by atoms with van der Waals surface area (Å²) in [6.07, 6.45) is 2.74. The van der Waals surface area contributed by atoms with Crippen molar-refractivity contribution < 1.29 is 13.2 Å². The van der Waals surface area contributed by atoms with Gasteiger partial charge in [-0.1, -0.05) is 11.6 Å². The molecule has 0 saturated heterocycles. The van der Waals surface area contributed by atoms with Crippen molar-refractivity contribution >= 4 is 17.2 Å². The van der Waals surface area contributed by atoms with Gasteiger partial charge in [0.25, 0.3) is 0 Å². The molecule has 0 fully saturated rings. The molecule has 1 aromatic carbocycles. The normalized spacial score (nSPS) is 11.2. The summed E-state index contributed by atoms with van der Waals surface area (Å²) in [6.45, 7) is 0. The van der Waals surface area contributed by atoms with E-state index in [1.54, 1.807) is 0 Å². The van der Waals surface area contributed by atoms with Gasteiger partial charge in [-0.2, -0.15) is 0 Å². The van der Waals surface area contributed by atoms with Crippen LogP contribution in [0, 0.1) is 17.5 Å². The van der Waals surface area contributed by atoms with E-state index in [0.29, 0.717) is 12.1 Å². The molecule has 0 radical (unpaired) electrons. The molecule has 0 saturated carbocycles. The van der Waals surface area contributed by atoms with Crippen molar-refractivity contribution in [1.82, 2.24) is 19.6 Å². The predicted octanol–water partition coefficient (Wildman–Crippen LogP) is 2.86. The van der Waals surface area contributed by atoms with Gasteiger partial charge in [-0.3, -0.25) is 4.40 Å². The number of aromatic nitrogens is 4. The van der Waals surface area contributed by atoms with Crippen molar-refractivity contribution in [3.05, 3.63) is 47.1 Å². The molecule has 2 aromatic heterocycles. The van der Waals surface area contributed by atoms with E-state index in [1.807, 2.05) is 0 Å². The molecule has 4 nitrogen and oxygen atoms in total. The van der Waals surface area contributed by atoms with Gasteiger partial charge in [0.05, 0.1) is 5.56 Å². The van der Waals surface area contributed by atoms with Gasteiger partial charge in [0.2, 0.25) is 0 Å². The number of nitrogens with zero attached hydrogens (tertiary/aromatic N) is 4. The van der Waals surface area contributed by atoms with Crippen LogP contribution in [0.25, 0.3) is 17.0 Å². The maximum atomic E-state index is 13.7. The van der Waals surface area contributed by atoms with E-state index in [4.69, 9.17) is 11.6 Å². The highest BCUT2D eigenvalue weighted by molar-refractivity contribution is 6.32. The average molecular weight is 285 g/mol. The van der Waals surface area contributed by atoms with E-state index in [2.05, 4.69) is 15.2 Å². The van der Waals surface area contributed by atoms with Crippen LogP contribution in [0.5, 0.6) is 0 Å². The quantitative estimate of drug-likeness (QED) is 0.690. The third-order valence-corrected chi connectivity index (χ3v) is 2.78. The Morgan fingerprint density at radius 3 is 2.42 bits per heavy atom. The standard InChI is InChI=1S/C11H4ClF3N4/c12-9-11-18-17-10(19(11)2-1-16-9)8-6(14)3-5(13)4-7(8)15/h1-4H. The Labute approximate surface area is 109 Å². The first-order valence-electron chi connectivity index (χ1n) is 5.08. The zero-order chi connectivity index (χ0) is 13.6. The molecule has 96 valence electrons. The molecule has 0 N–H and O–H groups in total. The van der Waals surface area contributed by atoms with Gasteiger partial charge < -0.3 is 0 Å². The minimum Gasteiger partial charge on any atom is -0.278 e. The molecule has 0 unspecified atom stereocenters. The zero-order valence-electron chi connectivity index (χ0n) is 9.11. The van der Waals surface area contributed by atoms with E-state index < -0.39 is 23.0 Å². The fraction of sp³-hybridized carbons (Fsp3) is 0. The number of hydrogen-bond donors (Lipinski definition) is 0. The molecule has 0 atom stereocenters. The van der Waals surface area contributed by atoms with Crippen LogP contribution in [0.2, 0.25) is 5.15 Å². The number of rotatable bonds is 1. The summed E-state index contributed by atoms with van der Waals surface area (Å²) in [5, 5.41) is 7.40. The second-order valence-corrected chi connectivity index (χ2v) is 4.04. The Morgan fingerprint density at radius 2 is 1.74 bits per heavy atom. The fourth-order valence-corrected chi connectivity index (χ4v) is 1.91. The van der Waals surface area contributed by atoms with Crippen LogP contribution in [0.3, 0.4) is 0 Å². The summed E-state index contributed by atoms with van der Waals surface area (Å²) in [5.41, 5.74) is -0.321. The minimum absolute atomic E-state index is 0.0455. The highest BCUT2D eigenvalue weighted by atomic mass is 35.5. The highest BCUT2D eigenvalue weighted by Gasteiger charge is 2.19. The predicted molar refractivity (Wildman–Crippen MR) is 61.1 cm³/mol. The summed E-state index contributed by atoms with van der Waals surface area (Å²) >= 11 is 5.78. The molecule has 0 aliphatic carbocycles. The molecule has 0 aliphatic heterocycles. The third-order valence-electron chi connectivity index (χ3n) is 2.51. The van der Waals surface area contributed by atoms with Crippen LogP contribution in [0.15, 0.2) is 24.5 Å². The molecule has 0 spiro atoms. The van der Waals surface area contributed by atoms with Crippen LogP contribution >= 0.6 is 11.6 Å². The monoisotopic (exact) mass is 284 g/mol. The van der Waals surface area contributed by atoms with Crippen molar-refractivity contribution in [2.45, 2.75) is 0 Å². The molecular weight excluding hydrogens is 281 g/mol. The Bertz CT molecular complexity index is 764. The number of fused-ring (bicyclic) bond motifs is 1. The molecule has 0 bridgehead atoms. The summed E-state index contributed by atoms with van der Waals surface area (Å²) in [4.78, 5) is 3.77. The maximum absolute atomic E-state index is 13.7. The first-order chi connectivity index (χ1) is 9.08. The zero-order valence-corrected chi connectivity index (χ0v) is 9.87. The fourth-order valence-electron chi connectivity index (χ4n) is 1.72. The molecule has 19 heavy (non-hydrogen) atoms. The number of halogens is 4. The van der Waals surface area contributed by atoms with Crippen LogP contribution in [-0.2, 0) is 0 Å². The molecule has 8 heteroatoms. The van der Waals surface area contributed by atoms with Crippen molar-refractivity contribution in [2.24, 2.45) is 0 Å². The lowest BCUT2D eigenvalue weighted by Gasteiger charge is -2.03. The summed E-state index contributed by atoms with van der Waals surface area (Å²) in [5.74, 6) is -3.26. The Morgan fingerprint density at radius 1 is 1.05 bits per heavy atom. The van der Waals surface area contributed by atoms with Crippen molar-refractivity contribution in [2.75, 3.05) is 0 Å². The molecule has 0 amide bonds. The van der Waals surface area contributed by atoms with Crippen LogP contribution in [0.4, 0.5) is 13.2 Å². The third kappa shape index (κ3) is 1.82. The van der Waals surface area contributed by atoms with Gasteiger partial charge in [0.1, 0.15) is 17.5 Å². The van der Waals surface area contributed by atoms with Gasteiger partial charge in [-0.05, 0) is 0 Å². The number of hydrogen-bond acceptors (Lipinski definition) is 3. The number of benzene rings is 1. The Balaban J connectivity index is 2.34. The van der Waals surface area contributed by atoms with Crippen LogP contribution < -0.4 is 0 Å². The van der Waals surface area contributed by atoms with E-state index in [0.717, 1.165) is 0 Å². The minimum atomic E-state index is -1.07. The van der Waals surface area contributed by atoms with Gasteiger partial charge >= 0.3 is 0 Å². The smallest absolute Gasteiger partial charge is 0.198 e. The van der Waals surface area contributed by atoms with Gasteiger partial charge in [-0.25, -0.2) is 18.2 Å². The first-order valence-corrected chi connectivity index (χ1v) is 5.46. The molecule has 0 aliphatic rings. The second-order valence-electron chi connectivity index (χ2n) is 3.68. The largest absolute Gasteiger partial charge is 0.278 e. The molecule has 3 rings (SSSR count). The topological polar surface area (TPSA) is 43.1 Å². The summed E-state index contributed by atoms with van der Waals surface area (Å²) in [6, 6.07) is 1.14. The van der Waals surface area contributed by atoms with E-state index in [1.165, 1.54) is 16.8 Å². The van der Waals surface area contributed by atoms with Crippen molar-refractivity contribution in [3.8, 4) is 11.4 Å². The Hall–Kier alpha value is -2.15. The maximum Gasteiger partial charge on any atom is 0.198 e. The molecule has 3 aromatic rings. The SMILES string of the molecule is Fc1cc(F)c(-c2nnc3c(Cl)nccn23)c(F)c1. The van der Waals surface area contributed by atoms with Crippen LogP contribution in [0.1, 0.15) is 0 Å². The lowest BCUT2D eigenvalue weighted by Crippen LogP contribution is -1.97. The second kappa shape index (κ2) is 4.20. The van der Waals surface area contributed by atoms with Crippen molar-refractivity contribution in [3.63, 3.8) is 0 Å². The van der Waals surface area contributed by atoms with Gasteiger partial charge in [0.15, 0.2) is 16.6 Å². The summed E-state index contributed by atoms with van der Waals surface area (Å²) in [7, 11) is 0. The van der Waals surface area contributed by atoms with Crippen LogP contribution in [-0.4, -0.2) is 19.6 Å². The molecule has 2 heterocycles. The van der Waals surface area contributed by atoms with E-state index in [-0.39, 0.29) is 16.6 Å². The highest BCUT2D eigenvalue weighted by Crippen LogP contribution is 2.26.